The Morgan fingerprint density at radius 1 is 0.953 bits per heavy atom. The van der Waals surface area contributed by atoms with Gasteiger partial charge in [0.05, 0.1) is 44.7 Å². The number of fused-ring (bicyclic) bond motifs is 5. The first-order valence-corrected chi connectivity index (χ1v) is 30.9. The van der Waals surface area contributed by atoms with E-state index in [9.17, 15) is 19.5 Å². The number of thiazole rings is 1. The Hall–Kier alpha value is -7.84. The average molecular weight is 1190 g/mol. The van der Waals surface area contributed by atoms with Crippen molar-refractivity contribution in [2.45, 2.75) is 120 Å². The fraction of sp³-hybridized carbons (Fsp3) is 0.469. The number of rotatable bonds is 15. The number of aryl methyl sites for hydroxylation is 1. The minimum Gasteiger partial charge on any atom is -0.461 e. The van der Waals surface area contributed by atoms with Gasteiger partial charge < -0.3 is 49.3 Å². The molecule has 3 N–H and O–H groups in total. The highest BCUT2D eigenvalue weighted by atomic mass is 32.1. The van der Waals surface area contributed by atoms with Crippen molar-refractivity contribution in [2.24, 2.45) is 5.92 Å². The molecule has 22 heteroatoms. The number of aliphatic hydroxyl groups is 1. The van der Waals surface area contributed by atoms with E-state index in [1.807, 2.05) is 62.4 Å². The molecule has 3 amide bonds. The lowest BCUT2D eigenvalue weighted by Gasteiger charge is -2.36. The predicted octanol–water partition coefficient (Wildman–Crippen LogP) is 8.38. The Kier molecular flexibility index (Phi) is 15.6. The second kappa shape index (κ2) is 23.4. The summed E-state index contributed by atoms with van der Waals surface area (Å²) in [5.41, 5.74) is 4.82. The molecule has 19 nitrogen and oxygen atoms in total. The lowest BCUT2D eigenvalue weighted by atomic mass is 9.91. The highest BCUT2D eigenvalue weighted by molar-refractivity contribution is 7.13. The maximum absolute atomic E-state index is 17.3. The van der Waals surface area contributed by atoms with Crippen molar-refractivity contribution in [1.82, 2.24) is 50.4 Å². The molecule has 13 rings (SSSR count). The standard InChI is InChI=1S/C64H70F2N12O7S/c1-6-46-49(65)18-15-40-9-7-10-47(54(40)46)56-55(66)57-48(29-67-56)59(76-30-42-16-17-43(31-76)70-42)72-62(71-57)84-34-64-20-8-22-78(64)44(19-21-64)33-83-63(82)75-25-23-74(24-26-75)52-28-51(85-73-52)53(36(2)3)61(81)77-32-45(79)27-50(77)60(80)69-37(4)39-11-13-41(14-12-39)58-38(5)68-35-86-58/h1,7,9-15,18,28-29,35-37,42-45,50,53,70,79H,8,16-17,19-27,30-34H2,2-5H3,(H,69,80)/t37-,42?,43?,44-,45+,50-,53+,64+/m0/s1. The Labute approximate surface area is 501 Å². The maximum Gasteiger partial charge on any atom is 0.409 e. The summed E-state index contributed by atoms with van der Waals surface area (Å²) in [6.07, 6.45) is 11.7. The number of nitrogens with zero attached hydrogens (tertiary/aromatic N) is 10. The molecule has 3 aromatic carbocycles. The highest BCUT2D eigenvalue weighted by Crippen LogP contribution is 2.44. The summed E-state index contributed by atoms with van der Waals surface area (Å²) in [6.45, 7) is 12.0. The van der Waals surface area contributed by atoms with Crippen LogP contribution in [0.5, 0.6) is 6.01 Å². The van der Waals surface area contributed by atoms with Crippen LogP contribution in [0.1, 0.15) is 100 Å². The molecule has 86 heavy (non-hydrogen) atoms. The van der Waals surface area contributed by atoms with Crippen LogP contribution in [0.4, 0.5) is 25.2 Å². The Bertz CT molecular complexity index is 3760. The van der Waals surface area contributed by atoms with Crippen LogP contribution in [0.2, 0.25) is 0 Å². The zero-order chi connectivity index (χ0) is 59.5. The summed E-state index contributed by atoms with van der Waals surface area (Å²) < 4.78 is 51.0. The monoisotopic (exact) mass is 1190 g/mol. The van der Waals surface area contributed by atoms with Gasteiger partial charge in [-0.15, -0.1) is 17.8 Å². The lowest BCUT2D eigenvalue weighted by molar-refractivity contribution is -0.141. The van der Waals surface area contributed by atoms with Crippen molar-refractivity contribution in [3.8, 4) is 40.1 Å². The molecule has 448 valence electrons. The normalized spacial score (nSPS) is 23.7. The molecular weight excluding hydrogens is 1120 g/mol. The Balaban J connectivity index is 0.634. The van der Waals surface area contributed by atoms with Crippen LogP contribution in [-0.2, 0) is 14.3 Å². The van der Waals surface area contributed by atoms with Gasteiger partial charge >= 0.3 is 12.1 Å². The van der Waals surface area contributed by atoms with E-state index in [2.05, 4.69) is 41.5 Å². The largest absolute Gasteiger partial charge is 0.461 e. The first-order valence-electron chi connectivity index (χ1n) is 30.0. The van der Waals surface area contributed by atoms with Crippen LogP contribution in [0.25, 0.3) is 43.4 Å². The third kappa shape index (κ3) is 10.7. The van der Waals surface area contributed by atoms with Crippen LogP contribution in [0, 0.1) is 36.8 Å². The number of piperazine rings is 2. The van der Waals surface area contributed by atoms with Gasteiger partial charge in [-0.05, 0) is 87.4 Å². The number of terminal acetylenes is 1. The van der Waals surface area contributed by atoms with E-state index in [4.69, 9.17) is 30.4 Å². The molecule has 0 radical (unpaired) electrons. The van der Waals surface area contributed by atoms with Gasteiger partial charge in [0, 0.05) is 93.6 Å². The molecule has 10 heterocycles. The van der Waals surface area contributed by atoms with Gasteiger partial charge in [-0.3, -0.25) is 19.5 Å². The van der Waals surface area contributed by atoms with E-state index in [0.29, 0.717) is 78.4 Å². The number of hydrogen-bond acceptors (Lipinski definition) is 17. The van der Waals surface area contributed by atoms with E-state index in [1.54, 1.807) is 52.8 Å². The smallest absolute Gasteiger partial charge is 0.409 e. The van der Waals surface area contributed by atoms with E-state index in [1.165, 1.54) is 11.0 Å². The molecule has 6 aliphatic rings. The first-order chi connectivity index (χ1) is 41.6. The molecule has 2 unspecified atom stereocenters. The summed E-state index contributed by atoms with van der Waals surface area (Å²) in [5, 5.41) is 23.5. The summed E-state index contributed by atoms with van der Waals surface area (Å²) in [4.78, 5) is 71.7. The van der Waals surface area contributed by atoms with E-state index in [-0.39, 0.29) is 96.4 Å². The number of likely N-dealkylation sites (tertiary alicyclic amines) is 1. The first kappa shape index (κ1) is 57.2. The number of anilines is 2. The summed E-state index contributed by atoms with van der Waals surface area (Å²) >= 11 is 1.58. The third-order valence-corrected chi connectivity index (χ3v) is 19.7. The van der Waals surface area contributed by atoms with Crippen molar-refractivity contribution >= 4 is 62.6 Å². The number of hydrogen-bond donors (Lipinski definition) is 3. The molecule has 8 atom stereocenters. The van der Waals surface area contributed by atoms with Gasteiger partial charge in [0.25, 0.3) is 0 Å². The number of benzene rings is 3. The van der Waals surface area contributed by atoms with Crippen LogP contribution in [0.3, 0.4) is 0 Å². The van der Waals surface area contributed by atoms with Crippen LogP contribution in [0.15, 0.2) is 76.9 Å². The minimum atomic E-state index is -0.871. The number of aliphatic hydroxyl groups excluding tert-OH is 1. The molecule has 0 spiro atoms. The van der Waals surface area contributed by atoms with Crippen molar-refractivity contribution in [3.63, 3.8) is 0 Å². The van der Waals surface area contributed by atoms with E-state index < -0.39 is 35.8 Å². The molecule has 0 aliphatic carbocycles. The van der Waals surface area contributed by atoms with Gasteiger partial charge in [0.1, 0.15) is 48.0 Å². The van der Waals surface area contributed by atoms with E-state index in [0.717, 1.165) is 66.8 Å². The molecule has 0 saturated carbocycles. The van der Waals surface area contributed by atoms with Crippen LogP contribution < -0.4 is 25.2 Å². The second-order valence-corrected chi connectivity index (χ2v) is 25.3. The SMILES string of the molecule is C#Cc1c(F)ccc2cccc(-c3ncc4c(N5CC6CCC(C5)N6)nc(OC[C@]56CCCN5[C@H](COC(=O)N5CCN(c7cc([C@H](C(=O)N8C[C@H](O)C[C@H]8C(=O)N[C@@H](C)c8ccc(-c9scnc9C)cc8)C(C)C)on7)CC5)CC6)nc4c3F)c12. The number of pyridine rings is 1. The molecule has 7 aromatic rings. The number of amides is 3. The van der Waals surface area contributed by atoms with Crippen molar-refractivity contribution in [2.75, 3.05) is 75.4 Å². The number of ether oxygens (including phenoxy) is 2. The Morgan fingerprint density at radius 3 is 2.49 bits per heavy atom. The highest BCUT2D eigenvalue weighted by Gasteiger charge is 2.51. The summed E-state index contributed by atoms with van der Waals surface area (Å²) in [7, 11) is 0. The topological polar surface area (TPSA) is 208 Å². The molecule has 6 aliphatic heterocycles. The van der Waals surface area contributed by atoms with E-state index >= 15 is 8.78 Å². The number of β-amino-alcohol motifs (C(OH)–C–C–N with tert-alkyl or cyclic N) is 1. The molecule has 6 saturated heterocycles. The van der Waals surface area contributed by atoms with Crippen LogP contribution in [-0.4, -0.2) is 164 Å². The van der Waals surface area contributed by atoms with Crippen molar-refractivity contribution < 1.29 is 42.3 Å². The minimum absolute atomic E-state index is 0.00215. The van der Waals surface area contributed by atoms with Crippen molar-refractivity contribution in [3.05, 3.63) is 107 Å². The van der Waals surface area contributed by atoms with Crippen molar-refractivity contribution in [1.29, 1.82) is 0 Å². The number of carbonyl (C=O) groups excluding carboxylic acids is 3. The van der Waals surface area contributed by atoms with Gasteiger partial charge in [0.15, 0.2) is 17.4 Å². The summed E-state index contributed by atoms with van der Waals surface area (Å²) in [6, 6.07) is 17.3. The fourth-order valence-electron chi connectivity index (χ4n) is 14.2. The maximum atomic E-state index is 17.3. The van der Waals surface area contributed by atoms with Gasteiger partial charge in [-0.1, -0.05) is 73.5 Å². The zero-order valence-electron chi connectivity index (χ0n) is 48.7. The third-order valence-electron chi connectivity index (χ3n) is 18.7. The number of carbonyl (C=O) groups is 3. The second-order valence-electron chi connectivity index (χ2n) is 24.4. The van der Waals surface area contributed by atoms with Crippen LogP contribution >= 0.6 is 11.3 Å². The fourth-order valence-corrected chi connectivity index (χ4v) is 15.0. The summed E-state index contributed by atoms with van der Waals surface area (Å²) in [5.74, 6) is 1.01. The van der Waals surface area contributed by atoms with Gasteiger partial charge in [-0.25, -0.2) is 18.6 Å². The zero-order valence-corrected chi connectivity index (χ0v) is 49.5. The number of halogens is 2. The number of nitrogens with one attached hydrogen (secondary N) is 2. The molecule has 6 fully saturated rings. The average Bonchev–Trinajstić information content (AvgIpc) is 1.70. The van der Waals surface area contributed by atoms with Gasteiger partial charge in [0.2, 0.25) is 11.8 Å². The van der Waals surface area contributed by atoms with Gasteiger partial charge in [-0.2, -0.15) is 9.97 Å². The molecule has 2 bridgehead atoms. The molecule has 4 aromatic heterocycles. The Morgan fingerprint density at radius 2 is 1.74 bits per heavy atom. The lowest BCUT2D eigenvalue weighted by Crippen LogP contribution is -2.51. The quantitative estimate of drug-likeness (QED) is 0.0824. The number of aromatic nitrogens is 5. The predicted molar refractivity (Wildman–Crippen MR) is 322 cm³/mol. The molecular formula is C64H70F2N12O7S.